The van der Waals surface area contributed by atoms with Crippen LogP contribution in [0, 0.1) is 5.41 Å². The van der Waals surface area contributed by atoms with Gasteiger partial charge in [0.25, 0.3) is 0 Å². The second-order valence-corrected chi connectivity index (χ2v) is 6.91. The molecule has 0 aliphatic rings. The van der Waals surface area contributed by atoms with Crippen LogP contribution in [0.3, 0.4) is 0 Å². The highest BCUT2D eigenvalue weighted by Gasteiger charge is 2.22. The molecule has 19 heavy (non-hydrogen) atoms. The smallest absolute Gasteiger partial charge is 0.240 e. The van der Waals surface area contributed by atoms with E-state index in [2.05, 4.69) is 4.72 Å². The standard InChI is InChI=1S/C13H21NO4S/c1-13(2,7-8-15)10-14-19(16,17)12-6-4-5-11(9-12)18-3/h4-6,9,14-15H,7-8,10H2,1-3H3. The van der Waals surface area contributed by atoms with Crippen LogP contribution in [0.2, 0.25) is 0 Å². The molecule has 5 nitrogen and oxygen atoms in total. The summed E-state index contributed by atoms with van der Waals surface area (Å²) >= 11 is 0. The highest BCUT2D eigenvalue weighted by molar-refractivity contribution is 7.89. The molecule has 0 saturated heterocycles. The van der Waals surface area contributed by atoms with Crippen molar-refractivity contribution >= 4 is 10.0 Å². The van der Waals surface area contributed by atoms with Gasteiger partial charge in [0.05, 0.1) is 12.0 Å². The number of hydrogen-bond donors (Lipinski definition) is 2. The van der Waals surface area contributed by atoms with Crippen molar-refractivity contribution in [3.8, 4) is 5.75 Å². The zero-order valence-corrected chi connectivity index (χ0v) is 12.3. The summed E-state index contributed by atoms with van der Waals surface area (Å²) in [7, 11) is -2.07. The lowest BCUT2D eigenvalue weighted by Crippen LogP contribution is -2.34. The zero-order valence-electron chi connectivity index (χ0n) is 11.5. The number of benzene rings is 1. The Morgan fingerprint density at radius 2 is 2.05 bits per heavy atom. The SMILES string of the molecule is COc1cccc(S(=O)(=O)NCC(C)(C)CCO)c1. The van der Waals surface area contributed by atoms with Gasteiger partial charge in [-0.15, -0.1) is 0 Å². The Bertz CT molecular complexity index is 511. The first-order valence-electron chi connectivity index (χ1n) is 6.05. The summed E-state index contributed by atoms with van der Waals surface area (Å²) in [6.07, 6.45) is 0.535. The number of hydrogen-bond acceptors (Lipinski definition) is 4. The summed E-state index contributed by atoms with van der Waals surface area (Å²) in [6, 6.07) is 6.31. The average Bonchev–Trinajstić information content (AvgIpc) is 2.37. The van der Waals surface area contributed by atoms with E-state index in [1.807, 2.05) is 13.8 Å². The van der Waals surface area contributed by atoms with Crippen LogP contribution in [0.4, 0.5) is 0 Å². The first-order valence-corrected chi connectivity index (χ1v) is 7.54. The van der Waals surface area contributed by atoms with Crippen molar-refractivity contribution in [1.29, 1.82) is 0 Å². The van der Waals surface area contributed by atoms with Gasteiger partial charge in [0.2, 0.25) is 10.0 Å². The van der Waals surface area contributed by atoms with E-state index in [4.69, 9.17) is 9.84 Å². The number of sulfonamides is 1. The van der Waals surface area contributed by atoms with Crippen LogP contribution in [-0.4, -0.2) is 33.8 Å². The Balaban J connectivity index is 2.81. The van der Waals surface area contributed by atoms with Crippen LogP contribution in [0.1, 0.15) is 20.3 Å². The van der Waals surface area contributed by atoms with E-state index in [0.29, 0.717) is 12.2 Å². The van der Waals surface area contributed by atoms with Gasteiger partial charge in [-0.1, -0.05) is 19.9 Å². The van der Waals surface area contributed by atoms with Gasteiger partial charge in [0.15, 0.2) is 0 Å². The molecule has 108 valence electrons. The van der Waals surface area contributed by atoms with Crippen molar-refractivity contribution in [3.63, 3.8) is 0 Å². The second-order valence-electron chi connectivity index (χ2n) is 5.14. The molecule has 0 spiro atoms. The lowest BCUT2D eigenvalue weighted by molar-refractivity contribution is 0.213. The molecule has 0 fully saturated rings. The van der Waals surface area contributed by atoms with Crippen LogP contribution >= 0.6 is 0 Å². The van der Waals surface area contributed by atoms with Gasteiger partial charge in [0.1, 0.15) is 5.75 Å². The number of nitrogens with one attached hydrogen (secondary N) is 1. The van der Waals surface area contributed by atoms with Crippen LogP contribution in [0.15, 0.2) is 29.2 Å². The maximum absolute atomic E-state index is 12.1. The first kappa shape index (κ1) is 15.9. The average molecular weight is 287 g/mol. The predicted octanol–water partition coefficient (Wildman–Crippen LogP) is 1.38. The van der Waals surface area contributed by atoms with E-state index in [9.17, 15) is 8.42 Å². The van der Waals surface area contributed by atoms with Crippen molar-refractivity contribution in [2.45, 2.75) is 25.2 Å². The molecular formula is C13H21NO4S. The molecule has 0 aliphatic heterocycles. The Morgan fingerprint density at radius 1 is 1.37 bits per heavy atom. The van der Waals surface area contributed by atoms with Crippen molar-refractivity contribution in [2.75, 3.05) is 20.3 Å². The lowest BCUT2D eigenvalue weighted by atomic mass is 9.90. The summed E-state index contributed by atoms with van der Waals surface area (Å²) in [6.45, 7) is 4.11. The molecule has 0 radical (unpaired) electrons. The fourth-order valence-corrected chi connectivity index (χ4v) is 2.81. The normalized spacial score (nSPS) is 12.4. The Morgan fingerprint density at radius 3 is 2.63 bits per heavy atom. The maximum Gasteiger partial charge on any atom is 0.240 e. The van der Waals surface area contributed by atoms with Gasteiger partial charge in [-0.25, -0.2) is 13.1 Å². The van der Waals surface area contributed by atoms with Crippen molar-refractivity contribution in [3.05, 3.63) is 24.3 Å². The Hall–Kier alpha value is -1.11. The van der Waals surface area contributed by atoms with Gasteiger partial charge >= 0.3 is 0 Å². The van der Waals surface area contributed by atoms with E-state index in [-0.39, 0.29) is 23.5 Å². The number of aliphatic hydroxyl groups excluding tert-OH is 1. The predicted molar refractivity (Wildman–Crippen MR) is 73.7 cm³/mol. The fraction of sp³-hybridized carbons (Fsp3) is 0.538. The van der Waals surface area contributed by atoms with E-state index in [1.54, 1.807) is 12.1 Å². The fourth-order valence-electron chi connectivity index (χ4n) is 1.53. The van der Waals surface area contributed by atoms with Gasteiger partial charge in [-0.2, -0.15) is 0 Å². The van der Waals surface area contributed by atoms with Crippen LogP contribution in [0.5, 0.6) is 5.75 Å². The Kier molecular flexibility index (Phi) is 5.34. The van der Waals surface area contributed by atoms with Crippen LogP contribution < -0.4 is 9.46 Å². The summed E-state index contributed by atoms with van der Waals surface area (Å²) in [4.78, 5) is 0.173. The second kappa shape index (κ2) is 6.36. The molecule has 1 aromatic carbocycles. The highest BCUT2D eigenvalue weighted by Crippen LogP contribution is 2.21. The monoisotopic (exact) mass is 287 g/mol. The molecule has 0 bridgehead atoms. The van der Waals surface area contributed by atoms with E-state index in [1.165, 1.54) is 19.2 Å². The van der Waals surface area contributed by atoms with E-state index >= 15 is 0 Å². The molecule has 6 heteroatoms. The van der Waals surface area contributed by atoms with Gasteiger partial charge in [-0.05, 0) is 24.0 Å². The minimum absolute atomic E-state index is 0.0356. The molecule has 0 unspecified atom stereocenters. The third-order valence-corrected chi connectivity index (χ3v) is 4.28. The molecule has 0 amide bonds. The molecule has 0 aliphatic carbocycles. The van der Waals surface area contributed by atoms with Gasteiger partial charge in [0, 0.05) is 19.2 Å². The number of aliphatic hydroxyl groups is 1. The first-order chi connectivity index (χ1) is 8.80. The molecule has 1 aromatic rings. The number of rotatable bonds is 7. The molecular weight excluding hydrogens is 266 g/mol. The van der Waals surface area contributed by atoms with E-state index in [0.717, 1.165) is 0 Å². The number of ether oxygens (including phenoxy) is 1. The summed E-state index contributed by atoms with van der Waals surface area (Å²) in [5, 5.41) is 8.92. The molecule has 1 rings (SSSR count). The number of methoxy groups -OCH3 is 1. The summed E-state index contributed by atoms with van der Waals surface area (Å²) < 4.78 is 31.8. The van der Waals surface area contributed by atoms with Crippen molar-refractivity contribution in [1.82, 2.24) is 4.72 Å². The quantitative estimate of drug-likeness (QED) is 0.794. The molecule has 2 N–H and O–H groups in total. The topological polar surface area (TPSA) is 75.6 Å². The minimum atomic E-state index is -3.56. The molecule has 0 aromatic heterocycles. The van der Waals surface area contributed by atoms with Crippen LogP contribution in [0.25, 0.3) is 0 Å². The van der Waals surface area contributed by atoms with Crippen molar-refractivity contribution in [2.24, 2.45) is 5.41 Å². The molecule has 0 atom stereocenters. The molecule has 0 saturated carbocycles. The third-order valence-electron chi connectivity index (χ3n) is 2.88. The maximum atomic E-state index is 12.1. The Labute approximate surface area is 114 Å². The zero-order chi connectivity index (χ0) is 14.5. The van der Waals surface area contributed by atoms with E-state index < -0.39 is 10.0 Å². The third kappa shape index (κ3) is 4.81. The largest absolute Gasteiger partial charge is 0.497 e. The van der Waals surface area contributed by atoms with Gasteiger partial charge < -0.3 is 9.84 Å². The summed E-state index contributed by atoms with van der Waals surface area (Å²) in [5.41, 5.74) is -0.291. The minimum Gasteiger partial charge on any atom is -0.497 e. The highest BCUT2D eigenvalue weighted by atomic mass is 32.2. The van der Waals surface area contributed by atoms with Gasteiger partial charge in [-0.3, -0.25) is 0 Å². The molecule has 0 heterocycles. The lowest BCUT2D eigenvalue weighted by Gasteiger charge is -2.23. The van der Waals surface area contributed by atoms with Crippen molar-refractivity contribution < 1.29 is 18.3 Å². The summed E-state index contributed by atoms with van der Waals surface area (Å²) in [5.74, 6) is 0.498. The van der Waals surface area contributed by atoms with Crippen LogP contribution in [-0.2, 0) is 10.0 Å².